The van der Waals surface area contributed by atoms with Crippen LogP contribution in [0.1, 0.15) is 45.4 Å². The second-order valence-corrected chi connectivity index (χ2v) is 9.37. The fourth-order valence-corrected chi connectivity index (χ4v) is 5.56. The number of urea groups is 1. The lowest BCUT2D eigenvalue weighted by atomic mass is 9.58. The van der Waals surface area contributed by atoms with Gasteiger partial charge in [0.1, 0.15) is 11.6 Å². The van der Waals surface area contributed by atoms with Gasteiger partial charge in [0, 0.05) is 16.9 Å². The first kappa shape index (κ1) is 19.1. The van der Waals surface area contributed by atoms with E-state index in [-0.39, 0.29) is 29.1 Å². The smallest absolute Gasteiger partial charge is 0.323 e. The van der Waals surface area contributed by atoms with Crippen LogP contribution in [0, 0.1) is 23.2 Å². The zero-order chi connectivity index (χ0) is 20.6. The number of Topliss-reactive ketones (excluding diaryl/α,β-unsaturated/α-hetero) is 1. The van der Waals surface area contributed by atoms with Crippen LogP contribution in [-0.4, -0.2) is 31.3 Å². The number of allylic oxidation sites excluding steroid dienone is 2. The number of halogens is 1. The molecule has 1 N–H and O–H groups in total. The summed E-state index contributed by atoms with van der Waals surface area (Å²) in [7, 11) is 0. The molecule has 0 aromatic carbocycles. The quantitative estimate of drug-likeness (QED) is 0.478. The van der Waals surface area contributed by atoms with Gasteiger partial charge >= 0.3 is 6.03 Å². The fraction of sp³-hybridized carbons (Fsp3) is 0.526. The summed E-state index contributed by atoms with van der Waals surface area (Å²) in [4.78, 5) is 39.0. The molecule has 0 spiro atoms. The molecule has 3 amide bonds. The van der Waals surface area contributed by atoms with Crippen LogP contribution >= 0.6 is 22.9 Å². The summed E-state index contributed by atoms with van der Waals surface area (Å²) in [6.45, 7) is 7.18. The van der Waals surface area contributed by atoms with Gasteiger partial charge in [0.25, 0.3) is 5.91 Å². The zero-order valence-electron chi connectivity index (χ0n) is 16.0. The number of carbonyl (C=O) groups is 3. The van der Waals surface area contributed by atoms with Crippen LogP contribution in [0.2, 0.25) is 0 Å². The summed E-state index contributed by atoms with van der Waals surface area (Å²) < 4.78 is 1.54. The average molecular weight is 493 g/mol. The number of carbonyl (C=O) groups excluding carboxylic acids is 3. The van der Waals surface area contributed by atoms with Crippen molar-refractivity contribution >= 4 is 46.4 Å². The molecule has 8 nitrogen and oxygen atoms in total. The van der Waals surface area contributed by atoms with E-state index in [4.69, 9.17) is 0 Å². The van der Waals surface area contributed by atoms with Crippen LogP contribution in [-0.2, 0) is 21.4 Å². The number of nitriles is 1. The minimum absolute atomic E-state index is 0.0169. The zero-order valence-corrected chi connectivity index (χ0v) is 18.2. The predicted octanol–water partition coefficient (Wildman–Crippen LogP) is 2.40. The lowest BCUT2D eigenvalue weighted by Crippen LogP contribution is -2.45. The average Bonchev–Trinajstić information content (AvgIpc) is 3.05. The molecular formula is C19H20IN5O3. The molecule has 1 fully saturated rings. The van der Waals surface area contributed by atoms with Gasteiger partial charge in [-0.05, 0) is 32.6 Å². The van der Waals surface area contributed by atoms with Crippen molar-refractivity contribution < 1.29 is 14.4 Å². The molecule has 1 aromatic rings. The van der Waals surface area contributed by atoms with Crippen molar-refractivity contribution in [2.24, 2.45) is 11.8 Å². The SMILES string of the molecule is C[C@@H]1C(=O)C(C#N)=C[C@]2(C)c3nn(I)c(N4C(=O)NC(C)(C)C4=O)c3CC[C@@H]12. The maximum atomic E-state index is 12.8. The predicted molar refractivity (Wildman–Crippen MR) is 109 cm³/mol. The van der Waals surface area contributed by atoms with Crippen molar-refractivity contribution in [3.63, 3.8) is 0 Å². The lowest BCUT2D eigenvalue weighted by Gasteiger charge is -2.44. The number of nitrogens with one attached hydrogen (secondary N) is 1. The van der Waals surface area contributed by atoms with Crippen molar-refractivity contribution in [2.75, 3.05) is 4.90 Å². The third-order valence-corrected chi connectivity index (χ3v) is 7.00. The summed E-state index contributed by atoms with van der Waals surface area (Å²) in [6, 6.07) is 1.55. The number of nitrogens with zero attached hydrogens (tertiary/aromatic N) is 4. The first-order chi connectivity index (χ1) is 13.0. The first-order valence-electron chi connectivity index (χ1n) is 9.15. The summed E-state index contributed by atoms with van der Waals surface area (Å²) >= 11 is 1.98. The number of imide groups is 1. The minimum atomic E-state index is -0.981. The van der Waals surface area contributed by atoms with E-state index in [1.165, 1.54) is 2.90 Å². The molecule has 0 saturated carbocycles. The molecule has 28 heavy (non-hydrogen) atoms. The van der Waals surface area contributed by atoms with Crippen molar-refractivity contribution in [3.8, 4) is 6.07 Å². The Kier molecular flexibility index (Phi) is 4.02. The molecule has 1 aromatic heterocycles. The summed E-state index contributed by atoms with van der Waals surface area (Å²) in [6.07, 6.45) is 3.05. The van der Waals surface area contributed by atoms with E-state index in [1.54, 1.807) is 19.9 Å². The van der Waals surface area contributed by atoms with E-state index in [0.29, 0.717) is 18.7 Å². The molecule has 0 unspecified atom stereocenters. The number of hydrogen-bond acceptors (Lipinski definition) is 5. The Bertz CT molecular complexity index is 1020. The number of rotatable bonds is 1. The van der Waals surface area contributed by atoms with Crippen molar-refractivity contribution in [3.05, 3.63) is 22.9 Å². The number of aromatic nitrogens is 2. The Morgan fingerprint density at radius 3 is 2.57 bits per heavy atom. The topological polar surface area (TPSA) is 108 Å². The Hall–Kier alpha value is -2.22. The largest absolute Gasteiger partial charge is 0.330 e. The third-order valence-electron chi connectivity index (χ3n) is 6.32. The molecule has 0 bridgehead atoms. The minimum Gasteiger partial charge on any atom is -0.323 e. The van der Waals surface area contributed by atoms with Crippen LogP contribution in [0.5, 0.6) is 0 Å². The van der Waals surface area contributed by atoms with E-state index in [0.717, 1.165) is 16.2 Å². The molecular weight excluding hydrogens is 473 g/mol. The molecule has 2 heterocycles. The molecule has 146 valence electrons. The van der Waals surface area contributed by atoms with Crippen LogP contribution in [0.3, 0.4) is 0 Å². The number of anilines is 1. The van der Waals surface area contributed by atoms with Gasteiger partial charge in [0.2, 0.25) is 0 Å². The maximum Gasteiger partial charge on any atom is 0.330 e. The Labute approximate surface area is 176 Å². The van der Waals surface area contributed by atoms with E-state index < -0.39 is 17.0 Å². The van der Waals surface area contributed by atoms with Crippen molar-refractivity contribution in [2.45, 2.75) is 51.5 Å². The van der Waals surface area contributed by atoms with Gasteiger partial charge in [-0.25, -0.2) is 9.69 Å². The number of ketones is 1. The normalized spacial score (nSPS) is 31.1. The molecule has 4 rings (SSSR count). The fourth-order valence-electron chi connectivity index (χ4n) is 4.84. The summed E-state index contributed by atoms with van der Waals surface area (Å²) in [5.74, 6) is -0.261. The summed E-state index contributed by atoms with van der Waals surface area (Å²) in [5.41, 5.74) is 0.118. The Morgan fingerprint density at radius 1 is 1.32 bits per heavy atom. The molecule has 9 heteroatoms. The van der Waals surface area contributed by atoms with E-state index >= 15 is 0 Å². The van der Waals surface area contributed by atoms with Crippen LogP contribution < -0.4 is 10.2 Å². The van der Waals surface area contributed by atoms with Gasteiger partial charge in [-0.3, -0.25) is 9.59 Å². The number of fused-ring (bicyclic) bond motifs is 3. The first-order valence-corrected chi connectivity index (χ1v) is 10.1. The third kappa shape index (κ3) is 2.33. The van der Waals surface area contributed by atoms with Crippen LogP contribution in [0.15, 0.2) is 11.6 Å². The number of amides is 3. The van der Waals surface area contributed by atoms with E-state index in [9.17, 15) is 19.6 Å². The molecule has 1 saturated heterocycles. The van der Waals surface area contributed by atoms with Gasteiger partial charge in [-0.1, -0.05) is 19.9 Å². The highest BCUT2D eigenvalue weighted by molar-refractivity contribution is 14.1. The monoisotopic (exact) mass is 493 g/mol. The highest BCUT2D eigenvalue weighted by Crippen LogP contribution is 2.51. The molecule has 3 atom stereocenters. The van der Waals surface area contributed by atoms with E-state index in [1.807, 2.05) is 42.8 Å². The van der Waals surface area contributed by atoms with Gasteiger partial charge in [0.15, 0.2) is 11.6 Å². The Morgan fingerprint density at radius 2 is 2.00 bits per heavy atom. The van der Waals surface area contributed by atoms with Gasteiger partial charge in [0.05, 0.1) is 34.1 Å². The summed E-state index contributed by atoms with van der Waals surface area (Å²) in [5, 5.41) is 16.8. The highest BCUT2D eigenvalue weighted by Gasteiger charge is 2.53. The number of hydrogen-bond donors (Lipinski definition) is 1. The van der Waals surface area contributed by atoms with Gasteiger partial charge in [-0.2, -0.15) is 13.3 Å². The van der Waals surface area contributed by atoms with Crippen LogP contribution in [0.4, 0.5) is 10.6 Å². The highest BCUT2D eigenvalue weighted by atomic mass is 127. The molecule has 1 aliphatic heterocycles. The second kappa shape index (κ2) is 5.89. The lowest BCUT2D eigenvalue weighted by molar-refractivity contribution is -0.122. The molecule has 2 aliphatic carbocycles. The van der Waals surface area contributed by atoms with Crippen LogP contribution in [0.25, 0.3) is 0 Å². The second-order valence-electron chi connectivity index (χ2n) is 8.46. The van der Waals surface area contributed by atoms with Gasteiger partial charge < -0.3 is 5.32 Å². The maximum absolute atomic E-state index is 12.8. The Balaban J connectivity index is 1.90. The standard InChI is InChI=1S/C19H20IN5O3/c1-9-12-6-5-11-14(19(12,4)7-10(8-21)13(9)26)23-25(20)15(11)24-16(27)18(2,3)22-17(24)28/h7,9,12H,5-6H2,1-4H3,(H,22,28)/t9-,12-,19-/m0/s1. The van der Waals surface area contributed by atoms with E-state index in [2.05, 4.69) is 10.4 Å². The van der Waals surface area contributed by atoms with Gasteiger partial charge in [-0.15, -0.1) is 0 Å². The van der Waals surface area contributed by atoms with Crippen molar-refractivity contribution in [1.29, 1.82) is 5.26 Å². The molecule has 0 radical (unpaired) electrons. The molecule has 3 aliphatic rings. The van der Waals surface area contributed by atoms with Crippen molar-refractivity contribution in [1.82, 2.24) is 13.3 Å².